The van der Waals surface area contributed by atoms with Gasteiger partial charge in [0.2, 0.25) is 0 Å². The van der Waals surface area contributed by atoms with Crippen LogP contribution in [0.1, 0.15) is 24.5 Å². The van der Waals surface area contributed by atoms with Crippen LogP contribution in [-0.2, 0) is 11.2 Å². The molecule has 142 valence electrons. The first-order valence-corrected chi connectivity index (χ1v) is 10.9. The molecule has 27 heavy (non-hydrogen) atoms. The van der Waals surface area contributed by atoms with Crippen LogP contribution in [0.4, 0.5) is 0 Å². The summed E-state index contributed by atoms with van der Waals surface area (Å²) in [5.74, 6) is 0.255. The van der Waals surface area contributed by atoms with Gasteiger partial charge in [-0.25, -0.2) is 0 Å². The molecule has 0 saturated carbocycles. The second-order valence-corrected chi connectivity index (χ2v) is 8.92. The molecule has 1 amide bonds. The first kappa shape index (κ1) is 18.5. The number of carbonyl (C=O) groups excluding carboxylic acids is 1. The van der Waals surface area contributed by atoms with Gasteiger partial charge in [0.05, 0.1) is 11.5 Å². The van der Waals surface area contributed by atoms with E-state index in [9.17, 15) is 4.79 Å². The molecule has 0 aromatic heterocycles. The molecule has 3 aliphatic heterocycles. The number of nitrogens with zero attached hydrogens (tertiary/aromatic N) is 3. The fourth-order valence-electron chi connectivity index (χ4n) is 3.88. The Bertz CT molecular complexity index is 814. The Morgan fingerprint density at radius 3 is 2.93 bits per heavy atom. The zero-order valence-corrected chi connectivity index (χ0v) is 17.2. The zero-order chi connectivity index (χ0) is 18.8. The Labute approximate surface area is 164 Å². The Balaban J connectivity index is 1.54. The molecule has 4 nitrogen and oxygen atoms in total. The molecular weight excluding hydrogens is 353 g/mol. The van der Waals surface area contributed by atoms with E-state index < -0.39 is 0 Å². The van der Waals surface area contributed by atoms with Crippen LogP contribution in [0.15, 0.2) is 54.4 Å². The minimum absolute atomic E-state index is 0.101. The van der Waals surface area contributed by atoms with Gasteiger partial charge in [0.15, 0.2) is 0 Å². The normalized spacial score (nSPS) is 24.5. The van der Waals surface area contributed by atoms with Crippen molar-refractivity contribution >= 4 is 19.8 Å². The maximum absolute atomic E-state index is 12.9. The van der Waals surface area contributed by atoms with Crippen molar-refractivity contribution in [3.05, 3.63) is 65.5 Å². The predicted molar refractivity (Wildman–Crippen MR) is 114 cm³/mol. The van der Waals surface area contributed by atoms with Crippen molar-refractivity contribution in [3.63, 3.8) is 0 Å². The number of aryl methyl sites for hydroxylation is 1. The SMILES string of the molecule is CCc1cccc(C2=CC(=O)N3C=C(N4CCCN(C)CC4)C=CC3P2)c1. The average Bonchev–Trinajstić information content (AvgIpc) is 2.92. The highest BCUT2D eigenvalue weighted by molar-refractivity contribution is 7.51. The minimum atomic E-state index is 0.101. The Morgan fingerprint density at radius 1 is 1.19 bits per heavy atom. The standard InChI is InChI=1S/C22H28N3OP/c1-3-17-6-4-7-18(14-17)20-15-21(26)25-16-19(8-9-22(25)27-20)24-11-5-10-23(2)12-13-24/h4,6-9,14-16,22,27H,3,5,10-13H2,1-2H3. The maximum Gasteiger partial charge on any atom is 0.252 e. The molecule has 1 aromatic carbocycles. The summed E-state index contributed by atoms with van der Waals surface area (Å²) < 4.78 is 0. The predicted octanol–water partition coefficient (Wildman–Crippen LogP) is 3.49. The number of amides is 1. The van der Waals surface area contributed by atoms with Crippen molar-refractivity contribution in [3.8, 4) is 0 Å². The third-order valence-corrected chi connectivity index (χ3v) is 7.09. The Morgan fingerprint density at radius 2 is 2.07 bits per heavy atom. The van der Waals surface area contributed by atoms with E-state index in [0.717, 1.165) is 32.6 Å². The van der Waals surface area contributed by atoms with Crippen LogP contribution < -0.4 is 0 Å². The van der Waals surface area contributed by atoms with Crippen molar-refractivity contribution in [2.24, 2.45) is 0 Å². The highest BCUT2D eigenvalue weighted by Crippen LogP contribution is 2.44. The summed E-state index contributed by atoms with van der Waals surface area (Å²) >= 11 is 0. The van der Waals surface area contributed by atoms with Gasteiger partial charge >= 0.3 is 0 Å². The smallest absolute Gasteiger partial charge is 0.252 e. The van der Waals surface area contributed by atoms with E-state index in [-0.39, 0.29) is 11.7 Å². The van der Waals surface area contributed by atoms with E-state index in [1.807, 2.05) is 11.0 Å². The van der Waals surface area contributed by atoms with Crippen molar-refractivity contribution in [1.82, 2.24) is 14.7 Å². The molecule has 0 radical (unpaired) electrons. The number of rotatable bonds is 3. The van der Waals surface area contributed by atoms with E-state index >= 15 is 0 Å². The number of benzene rings is 1. The summed E-state index contributed by atoms with van der Waals surface area (Å²) in [5, 5.41) is 1.18. The number of fused-ring (bicyclic) bond motifs is 1. The van der Waals surface area contributed by atoms with Crippen molar-refractivity contribution in [2.75, 3.05) is 33.2 Å². The number of hydrogen-bond acceptors (Lipinski definition) is 3. The van der Waals surface area contributed by atoms with Crippen LogP contribution in [0, 0.1) is 0 Å². The fourth-order valence-corrected chi connectivity index (χ4v) is 5.26. The van der Waals surface area contributed by atoms with Crippen molar-refractivity contribution in [2.45, 2.75) is 25.5 Å². The quantitative estimate of drug-likeness (QED) is 0.750. The molecule has 3 aliphatic rings. The highest BCUT2D eigenvalue weighted by atomic mass is 31.1. The molecule has 2 atom stereocenters. The van der Waals surface area contributed by atoms with Crippen molar-refractivity contribution < 1.29 is 4.79 Å². The summed E-state index contributed by atoms with van der Waals surface area (Å²) in [4.78, 5) is 19.6. The van der Waals surface area contributed by atoms with Crippen LogP contribution in [0.3, 0.4) is 0 Å². The molecule has 0 bridgehead atoms. The van der Waals surface area contributed by atoms with Gasteiger partial charge in [0, 0.05) is 31.9 Å². The van der Waals surface area contributed by atoms with Gasteiger partial charge in [-0.3, -0.25) is 4.79 Å². The number of carbonyl (C=O) groups is 1. The van der Waals surface area contributed by atoms with E-state index in [4.69, 9.17) is 0 Å². The monoisotopic (exact) mass is 381 g/mol. The third-order valence-electron chi connectivity index (χ3n) is 5.58. The lowest BCUT2D eigenvalue weighted by molar-refractivity contribution is -0.123. The van der Waals surface area contributed by atoms with Gasteiger partial charge in [-0.15, -0.1) is 0 Å². The highest BCUT2D eigenvalue weighted by Gasteiger charge is 2.29. The second kappa shape index (κ2) is 8.00. The van der Waals surface area contributed by atoms with Gasteiger partial charge in [-0.1, -0.05) is 45.8 Å². The first-order valence-electron chi connectivity index (χ1n) is 9.87. The van der Waals surface area contributed by atoms with Gasteiger partial charge in [0.25, 0.3) is 5.91 Å². The zero-order valence-electron chi connectivity index (χ0n) is 16.2. The lowest BCUT2D eigenvalue weighted by Crippen LogP contribution is -2.38. The third kappa shape index (κ3) is 4.02. The van der Waals surface area contributed by atoms with E-state index in [1.54, 1.807) is 0 Å². The maximum atomic E-state index is 12.9. The molecule has 1 fully saturated rings. The lowest BCUT2D eigenvalue weighted by Gasteiger charge is -2.36. The molecule has 1 aromatic rings. The van der Waals surface area contributed by atoms with Gasteiger partial charge in [0.1, 0.15) is 0 Å². The summed E-state index contributed by atoms with van der Waals surface area (Å²) in [7, 11) is 2.77. The number of allylic oxidation sites excluding steroid dienone is 1. The molecule has 5 heteroatoms. The fraction of sp³-hybridized carbons (Fsp3) is 0.409. The first-order chi connectivity index (χ1) is 13.1. The Hall–Kier alpha value is -1.90. The topological polar surface area (TPSA) is 26.8 Å². The van der Waals surface area contributed by atoms with E-state index in [2.05, 4.69) is 66.4 Å². The van der Waals surface area contributed by atoms with Crippen molar-refractivity contribution in [1.29, 1.82) is 0 Å². The van der Waals surface area contributed by atoms with E-state index in [0.29, 0.717) is 8.58 Å². The molecule has 4 rings (SSSR count). The Kier molecular flexibility index (Phi) is 5.47. The summed E-state index contributed by atoms with van der Waals surface area (Å²) in [6.45, 7) is 6.46. The summed E-state index contributed by atoms with van der Waals surface area (Å²) in [6.07, 6.45) is 10.5. The lowest BCUT2D eigenvalue weighted by atomic mass is 10.1. The molecule has 3 heterocycles. The van der Waals surface area contributed by atoms with Crippen LogP contribution >= 0.6 is 8.58 Å². The number of likely N-dealkylation sites (N-methyl/N-ethyl adjacent to an activating group) is 1. The van der Waals surface area contributed by atoms with Crippen LogP contribution in [0.5, 0.6) is 0 Å². The number of hydrogen-bond donors (Lipinski definition) is 0. The second-order valence-electron chi connectivity index (χ2n) is 7.50. The minimum Gasteiger partial charge on any atom is -0.369 e. The summed E-state index contributed by atoms with van der Waals surface area (Å²) in [5.41, 5.74) is 3.68. The largest absolute Gasteiger partial charge is 0.369 e. The van der Waals surface area contributed by atoms with Crippen LogP contribution in [-0.4, -0.2) is 59.6 Å². The molecule has 2 unspecified atom stereocenters. The summed E-state index contributed by atoms with van der Waals surface area (Å²) in [6, 6.07) is 8.60. The van der Waals surface area contributed by atoms with Gasteiger partial charge in [-0.05, 0) is 49.0 Å². The van der Waals surface area contributed by atoms with Gasteiger partial charge in [-0.2, -0.15) is 0 Å². The van der Waals surface area contributed by atoms with Crippen LogP contribution in [0.2, 0.25) is 0 Å². The molecular formula is C22H28N3OP. The molecule has 0 aliphatic carbocycles. The molecule has 0 N–H and O–H groups in total. The van der Waals surface area contributed by atoms with Gasteiger partial charge < -0.3 is 14.7 Å². The molecule has 1 saturated heterocycles. The molecule has 0 spiro atoms. The average molecular weight is 381 g/mol. The van der Waals surface area contributed by atoms with Crippen LogP contribution in [0.25, 0.3) is 5.31 Å². The van der Waals surface area contributed by atoms with E-state index in [1.165, 1.54) is 28.6 Å².